The van der Waals surface area contributed by atoms with Crippen molar-refractivity contribution in [3.05, 3.63) is 22.8 Å². The average Bonchev–Trinajstić information content (AvgIpc) is 2.50. The maximum atomic E-state index is 11.9. The fourth-order valence-electron chi connectivity index (χ4n) is 2.40. The minimum absolute atomic E-state index is 0.185. The first kappa shape index (κ1) is 14.9. The van der Waals surface area contributed by atoms with Crippen molar-refractivity contribution in [2.24, 2.45) is 0 Å². The topological polar surface area (TPSA) is 73.3 Å². The highest BCUT2D eigenvalue weighted by Gasteiger charge is 2.25. The zero-order valence-electron chi connectivity index (χ0n) is 12.2. The van der Waals surface area contributed by atoms with Gasteiger partial charge in [0.2, 0.25) is 0 Å². The molecule has 0 bridgehead atoms. The first-order chi connectivity index (χ1) is 9.71. The maximum Gasteiger partial charge on any atom is 0.357 e. The van der Waals surface area contributed by atoms with Crippen molar-refractivity contribution in [3.63, 3.8) is 0 Å². The van der Waals surface area contributed by atoms with Gasteiger partial charge in [-0.2, -0.15) is 0 Å². The second-order valence-electron chi connectivity index (χ2n) is 4.79. The molecule has 0 aromatic carbocycles. The van der Waals surface area contributed by atoms with Crippen LogP contribution in [0, 0.1) is 0 Å². The first-order valence-corrected chi connectivity index (χ1v) is 6.92. The number of aromatic nitrogens is 2. The summed E-state index contributed by atoms with van der Waals surface area (Å²) in [6.07, 6.45) is 2.34. The number of hydrogen-bond acceptors (Lipinski definition) is 6. The highest BCUT2D eigenvalue weighted by atomic mass is 16.5. The van der Waals surface area contributed by atoms with Crippen LogP contribution in [0.1, 0.15) is 53.4 Å². The number of hydrogen-bond donors (Lipinski definition) is 1. The molecule has 0 saturated heterocycles. The lowest BCUT2D eigenvalue weighted by Crippen LogP contribution is -2.29. The van der Waals surface area contributed by atoms with Crippen molar-refractivity contribution < 1.29 is 14.3 Å². The fraction of sp³-hybridized carbons (Fsp3) is 0.643. The lowest BCUT2D eigenvalue weighted by Gasteiger charge is -2.21. The Hall–Kier alpha value is -1.53. The standard InChI is InChI=1S/C14H21N3O3/c1-4-5-11(19-2)13-16-10-8-15-7-6-9(10)12(17-13)14(18)20-3/h11,15H,4-8H2,1-3H3. The van der Waals surface area contributed by atoms with Crippen molar-refractivity contribution in [2.45, 2.75) is 38.8 Å². The van der Waals surface area contributed by atoms with E-state index in [1.54, 1.807) is 7.11 Å². The van der Waals surface area contributed by atoms with Gasteiger partial charge in [0.05, 0.1) is 12.8 Å². The van der Waals surface area contributed by atoms with Gasteiger partial charge in [0.15, 0.2) is 11.5 Å². The smallest absolute Gasteiger partial charge is 0.357 e. The number of esters is 1. The quantitative estimate of drug-likeness (QED) is 0.821. The molecular weight excluding hydrogens is 258 g/mol. The second kappa shape index (κ2) is 6.76. The molecule has 0 amide bonds. The first-order valence-electron chi connectivity index (χ1n) is 6.92. The normalized spacial score (nSPS) is 15.6. The molecule has 0 spiro atoms. The van der Waals surface area contributed by atoms with E-state index in [1.807, 2.05) is 0 Å². The van der Waals surface area contributed by atoms with Crippen LogP contribution in [0.2, 0.25) is 0 Å². The van der Waals surface area contributed by atoms with Crippen molar-refractivity contribution >= 4 is 5.97 Å². The molecule has 6 nitrogen and oxygen atoms in total. The van der Waals surface area contributed by atoms with Gasteiger partial charge in [-0.05, 0) is 19.4 Å². The van der Waals surface area contributed by atoms with E-state index >= 15 is 0 Å². The van der Waals surface area contributed by atoms with E-state index in [1.165, 1.54) is 7.11 Å². The van der Waals surface area contributed by atoms with Crippen LogP contribution in [0.25, 0.3) is 0 Å². The van der Waals surface area contributed by atoms with Gasteiger partial charge in [-0.15, -0.1) is 0 Å². The van der Waals surface area contributed by atoms with Gasteiger partial charge in [-0.25, -0.2) is 14.8 Å². The number of fused-ring (bicyclic) bond motifs is 1. The zero-order valence-corrected chi connectivity index (χ0v) is 12.2. The van der Waals surface area contributed by atoms with Gasteiger partial charge in [-0.1, -0.05) is 13.3 Å². The average molecular weight is 279 g/mol. The summed E-state index contributed by atoms with van der Waals surface area (Å²) in [7, 11) is 3.01. The zero-order chi connectivity index (χ0) is 14.5. The Morgan fingerprint density at radius 2 is 2.20 bits per heavy atom. The van der Waals surface area contributed by atoms with Crippen LogP contribution < -0.4 is 5.32 Å². The Balaban J connectivity index is 2.46. The molecule has 0 radical (unpaired) electrons. The summed E-state index contributed by atoms with van der Waals surface area (Å²) in [5, 5.41) is 3.26. The monoisotopic (exact) mass is 279 g/mol. The predicted octanol–water partition coefficient (Wildman–Crippen LogP) is 1.40. The largest absolute Gasteiger partial charge is 0.464 e. The summed E-state index contributed by atoms with van der Waals surface area (Å²) < 4.78 is 10.3. The Morgan fingerprint density at radius 1 is 1.40 bits per heavy atom. The SMILES string of the molecule is CCCC(OC)c1nc2c(c(C(=O)OC)n1)CCNC2. The van der Waals surface area contributed by atoms with E-state index in [-0.39, 0.29) is 6.10 Å². The summed E-state index contributed by atoms with van der Waals surface area (Å²) >= 11 is 0. The molecule has 20 heavy (non-hydrogen) atoms. The Kier molecular flexibility index (Phi) is 5.03. The molecule has 1 aromatic rings. The van der Waals surface area contributed by atoms with Crippen LogP contribution in [0.15, 0.2) is 0 Å². The highest BCUT2D eigenvalue weighted by molar-refractivity contribution is 5.89. The van der Waals surface area contributed by atoms with Crippen molar-refractivity contribution in [1.82, 2.24) is 15.3 Å². The van der Waals surface area contributed by atoms with Gasteiger partial charge in [0, 0.05) is 19.2 Å². The number of ether oxygens (including phenoxy) is 2. The highest BCUT2D eigenvalue weighted by Crippen LogP contribution is 2.23. The molecule has 0 fully saturated rings. The van der Waals surface area contributed by atoms with E-state index in [2.05, 4.69) is 22.2 Å². The van der Waals surface area contributed by atoms with Crippen molar-refractivity contribution in [1.29, 1.82) is 0 Å². The van der Waals surface area contributed by atoms with Gasteiger partial charge in [0.25, 0.3) is 0 Å². The third-order valence-electron chi connectivity index (χ3n) is 3.46. The van der Waals surface area contributed by atoms with Crippen molar-refractivity contribution in [3.8, 4) is 0 Å². The summed E-state index contributed by atoms with van der Waals surface area (Å²) in [6, 6.07) is 0. The lowest BCUT2D eigenvalue weighted by molar-refractivity contribution is 0.0586. The molecule has 1 atom stereocenters. The van der Waals surface area contributed by atoms with Gasteiger partial charge < -0.3 is 14.8 Å². The second-order valence-corrected chi connectivity index (χ2v) is 4.79. The van der Waals surface area contributed by atoms with Crippen LogP contribution in [0.3, 0.4) is 0 Å². The molecule has 1 N–H and O–H groups in total. The third-order valence-corrected chi connectivity index (χ3v) is 3.46. The predicted molar refractivity (Wildman–Crippen MR) is 73.4 cm³/mol. The third kappa shape index (κ3) is 2.96. The molecule has 2 heterocycles. The number of methoxy groups -OCH3 is 2. The van der Waals surface area contributed by atoms with E-state index in [0.29, 0.717) is 18.1 Å². The van der Waals surface area contributed by atoms with Crippen molar-refractivity contribution in [2.75, 3.05) is 20.8 Å². The van der Waals surface area contributed by atoms with E-state index in [9.17, 15) is 4.79 Å². The van der Waals surface area contributed by atoms with Crippen LogP contribution in [-0.2, 0) is 22.4 Å². The molecule has 1 aliphatic heterocycles. The fourth-order valence-corrected chi connectivity index (χ4v) is 2.40. The maximum absolute atomic E-state index is 11.9. The Bertz CT molecular complexity index is 491. The van der Waals surface area contributed by atoms with Crippen LogP contribution in [-0.4, -0.2) is 36.7 Å². The van der Waals surface area contributed by atoms with E-state index in [0.717, 1.165) is 37.1 Å². The Morgan fingerprint density at radius 3 is 2.85 bits per heavy atom. The molecule has 1 aromatic heterocycles. The van der Waals surface area contributed by atoms with Gasteiger partial charge in [-0.3, -0.25) is 0 Å². The molecule has 1 unspecified atom stereocenters. The number of rotatable bonds is 5. The summed E-state index contributed by atoms with van der Waals surface area (Å²) in [4.78, 5) is 20.9. The number of nitrogens with zero attached hydrogens (tertiary/aromatic N) is 2. The Labute approximate surface area is 118 Å². The minimum Gasteiger partial charge on any atom is -0.464 e. The lowest BCUT2D eigenvalue weighted by atomic mass is 10.0. The molecule has 0 saturated carbocycles. The van der Waals surface area contributed by atoms with Crippen LogP contribution in [0.4, 0.5) is 0 Å². The van der Waals surface area contributed by atoms with E-state index in [4.69, 9.17) is 9.47 Å². The molecule has 6 heteroatoms. The summed E-state index contributed by atoms with van der Waals surface area (Å²) in [5.74, 6) is 0.162. The van der Waals surface area contributed by atoms with Crippen LogP contribution in [0.5, 0.6) is 0 Å². The summed E-state index contributed by atoms with van der Waals surface area (Å²) in [6.45, 7) is 3.55. The summed E-state index contributed by atoms with van der Waals surface area (Å²) in [5.41, 5.74) is 2.15. The van der Waals surface area contributed by atoms with Gasteiger partial charge in [0.1, 0.15) is 6.10 Å². The number of carbonyl (C=O) groups excluding carboxylic acids is 1. The molecule has 1 aliphatic rings. The molecule has 2 rings (SSSR count). The molecule has 110 valence electrons. The van der Waals surface area contributed by atoms with E-state index < -0.39 is 5.97 Å². The molecular formula is C14H21N3O3. The van der Waals surface area contributed by atoms with Crippen LogP contribution >= 0.6 is 0 Å². The number of carbonyl (C=O) groups is 1. The minimum atomic E-state index is -0.404. The number of nitrogens with one attached hydrogen (secondary N) is 1. The molecule has 0 aliphatic carbocycles. The van der Waals surface area contributed by atoms with Gasteiger partial charge >= 0.3 is 5.97 Å².